The Hall–Kier alpha value is -2.45. The van der Waals surface area contributed by atoms with Gasteiger partial charge in [0, 0.05) is 37.2 Å². The number of nitrogens with zero attached hydrogens (tertiary/aromatic N) is 1. The van der Waals surface area contributed by atoms with E-state index in [1.807, 2.05) is 0 Å². The van der Waals surface area contributed by atoms with E-state index in [0.29, 0.717) is 16.9 Å². The third-order valence-corrected chi connectivity index (χ3v) is 5.28. The molecule has 0 saturated carbocycles. The summed E-state index contributed by atoms with van der Waals surface area (Å²) in [6.07, 6.45) is 1.07. The third kappa shape index (κ3) is 6.33. The molecule has 8 heteroatoms. The molecule has 0 aliphatic rings. The van der Waals surface area contributed by atoms with Gasteiger partial charge in [0.1, 0.15) is 11.6 Å². The molecule has 0 spiro atoms. The van der Waals surface area contributed by atoms with Gasteiger partial charge in [0.05, 0.1) is 13.4 Å². The van der Waals surface area contributed by atoms with Gasteiger partial charge < -0.3 is 10.1 Å². The fourth-order valence-corrected chi connectivity index (χ4v) is 3.33. The molecule has 6 nitrogen and oxygen atoms in total. The number of hydrogen-bond acceptors (Lipinski definition) is 4. The van der Waals surface area contributed by atoms with E-state index in [9.17, 15) is 17.6 Å². The average molecular weight is 394 g/mol. The first-order valence-corrected chi connectivity index (χ1v) is 10.2. The van der Waals surface area contributed by atoms with Crippen LogP contribution in [0.5, 0.6) is 5.75 Å². The lowest BCUT2D eigenvalue weighted by atomic mass is 10.2. The van der Waals surface area contributed by atoms with Crippen molar-refractivity contribution in [1.29, 1.82) is 0 Å². The standard InChI is InChI=1S/C19H23FN2O4S/c1-26-18-10-6-4-8-16(18)14-22(27(2,24)25)12-11-19(23)21-13-15-7-3-5-9-17(15)20/h3-10H,11-14H2,1-2H3,(H,21,23). The number of carbonyl (C=O) groups excluding carboxylic acids is 1. The van der Waals surface area contributed by atoms with Crippen LogP contribution in [0.25, 0.3) is 0 Å². The molecule has 0 aliphatic heterocycles. The lowest BCUT2D eigenvalue weighted by molar-refractivity contribution is -0.121. The SMILES string of the molecule is COc1ccccc1CN(CCC(=O)NCc1ccccc1F)S(C)(=O)=O. The highest BCUT2D eigenvalue weighted by atomic mass is 32.2. The lowest BCUT2D eigenvalue weighted by Crippen LogP contribution is -2.34. The molecule has 0 saturated heterocycles. The fourth-order valence-electron chi connectivity index (χ4n) is 2.54. The van der Waals surface area contributed by atoms with Crippen molar-refractivity contribution in [2.24, 2.45) is 0 Å². The summed E-state index contributed by atoms with van der Waals surface area (Å²) in [5.74, 6) is -0.172. The smallest absolute Gasteiger partial charge is 0.221 e. The zero-order valence-electron chi connectivity index (χ0n) is 15.3. The summed E-state index contributed by atoms with van der Waals surface area (Å²) in [4.78, 5) is 12.1. The molecule has 0 atom stereocenters. The normalized spacial score (nSPS) is 11.4. The topological polar surface area (TPSA) is 75.7 Å². The molecule has 2 aromatic rings. The van der Waals surface area contributed by atoms with E-state index in [1.54, 1.807) is 42.5 Å². The Morgan fingerprint density at radius 1 is 1.11 bits per heavy atom. The van der Waals surface area contributed by atoms with Gasteiger partial charge in [-0.05, 0) is 12.1 Å². The van der Waals surface area contributed by atoms with E-state index in [4.69, 9.17) is 4.74 Å². The van der Waals surface area contributed by atoms with E-state index in [0.717, 1.165) is 6.26 Å². The molecule has 0 fully saturated rings. The van der Waals surface area contributed by atoms with Crippen LogP contribution in [-0.2, 0) is 27.9 Å². The second kappa shape index (κ2) is 9.48. The second-order valence-electron chi connectivity index (χ2n) is 6.03. The van der Waals surface area contributed by atoms with Gasteiger partial charge in [0.2, 0.25) is 15.9 Å². The van der Waals surface area contributed by atoms with E-state index in [-0.39, 0.29) is 32.0 Å². The van der Waals surface area contributed by atoms with Crippen molar-refractivity contribution >= 4 is 15.9 Å². The Kier molecular flexibility index (Phi) is 7.32. The van der Waals surface area contributed by atoms with Gasteiger partial charge in [-0.3, -0.25) is 4.79 Å². The molecule has 1 N–H and O–H groups in total. The predicted octanol–water partition coefficient (Wildman–Crippen LogP) is 2.30. The van der Waals surface area contributed by atoms with E-state index in [2.05, 4.69) is 5.32 Å². The van der Waals surface area contributed by atoms with Crippen LogP contribution in [-0.4, -0.2) is 38.5 Å². The highest BCUT2D eigenvalue weighted by Crippen LogP contribution is 2.20. The van der Waals surface area contributed by atoms with E-state index in [1.165, 1.54) is 17.5 Å². The number of halogens is 1. The number of methoxy groups -OCH3 is 1. The largest absolute Gasteiger partial charge is 0.496 e. The highest BCUT2D eigenvalue weighted by molar-refractivity contribution is 7.88. The average Bonchev–Trinajstić information content (AvgIpc) is 2.63. The van der Waals surface area contributed by atoms with Crippen LogP contribution in [0.3, 0.4) is 0 Å². The number of rotatable bonds is 9. The molecule has 0 radical (unpaired) electrons. The number of ether oxygens (including phenoxy) is 1. The van der Waals surface area contributed by atoms with E-state index >= 15 is 0 Å². The van der Waals surface area contributed by atoms with Crippen molar-refractivity contribution in [2.75, 3.05) is 19.9 Å². The molecule has 2 aromatic carbocycles. The van der Waals surface area contributed by atoms with Crippen LogP contribution < -0.4 is 10.1 Å². The monoisotopic (exact) mass is 394 g/mol. The lowest BCUT2D eigenvalue weighted by Gasteiger charge is -2.21. The number of amides is 1. The van der Waals surface area contributed by atoms with Crippen molar-refractivity contribution in [3.63, 3.8) is 0 Å². The fraction of sp³-hybridized carbons (Fsp3) is 0.316. The molecule has 0 aliphatic carbocycles. The maximum absolute atomic E-state index is 13.6. The van der Waals surface area contributed by atoms with Crippen LogP contribution in [0.1, 0.15) is 17.5 Å². The maximum Gasteiger partial charge on any atom is 0.221 e. The summed E-state index contributed by atoms with van der Waals surface area (Å²) in [6, 6.07) is 13.3. The molecule has 0 aromatic heterocycles. The molecular weight excluding hydrogens is 371 g/mol. The van der Waals surface area contributed by atoms with Crippen molar-refractivity contribution in [3.8, 4) is 5.75 Å². The van der Waals surface area contributed by atoms with Gasteiger partial charge in [-0.2, -0.15) is 4.31 Å². The minimum Gasteiger partial charge on any atom is -0.496 e. The third-order valence-electron chi connectivity index (χ3n) is 4.03. The molecule has 27 heavy (non-hydrogen) atoms. The Labute approximate surface area is 159 Å². The summed E-state index contributed by atoms with van der Waals surface area (Å²) in [7, 11) is -2.01. The zero-order chi connectivity index (χ0) is 19.9. The number of sulfonamides is 1. The summed E-state index contributed by atoms with van der Waals surface area (Å²) in [5.41, 5.74) is 1.08. The summed E-state index contributed by atoms with van der Waals surface area (Å²) in [5, 5.41) is 2.61. The minimum absolute atomic E-state index is 0.0139. The first kappa shape index (κ1) is 20.9. The number of para-hydroxylation sites is 1. The van der Waals surface area contributed by atoms with Crippen LogP contribution in [0.4, 0.5) is 4.39 Å². The van der Waals surface area contributed by atoms with Crippen LogP contribution in [0.15, 0.2) is 48.5 Å². The number of nitrogens with one attached hydrogen (secondary N) is 1. The quantitative estimate of drug-likeness (QED) is 0.708. The van der Waals surface area contributed by atoms with Gasteiger partial charge in [-0.25, -0.2) is 12.8 Å². The predicted molar refractivity (Wildman–Crippen MR) is 101 cm³/mol. The van der Waals surface area contributed by atoms with Gasteiger partial charge in [-0.1, -0.05) is 36.4 Å². The molecule has 0 heterocycles. The number of benzene rings is 2. The Bertz CT molecular complexity index is 887. The molecule has 2 rings (SSSR count). The Morgan fingerprint density at radius 3 is 2.37 bits per heavy atom. The number of hydrogen-bond donors (Lipinski definition) is 1. The highest BCUT2D eigenvalue weighted by Gasteiger charge is 2.20. The Balaban J connectivity index is 1.96. The first-order chi connectivity index (χ1) is 12.8. The Morgan fingerprint density at radius 2 is 1.74 bits per heavy atom. The van der Waals surface area contributed by atoms with Gasteiger partial charge in [-0.15, -0.1) is 0 Å². The zero-order valence-corrected chi connectivity index (χ0v) is 16.1. The molecule has 1 amide bonds. The summed E-state index contributed by atoms with van der Waals surface area (Å²) < 4.78 is 44.2. The minimum atomic E-state index is -3.52. The van der Waals surface area contributed by atoms with Crippen molar-refractivity contribution in [2.45, 2.75) is 19.5 Å². The van der Waals surface area contributed by atoms with Crippen molar-refractivity contribution in [3.05, 3.63) is 65.5 Å². The van der Waals surface area contributed by atoms with Crippen molar-refractivity contribution < 1.29 is 22.3 Å². The molecule has 0 unspecified atom stereocenters. The number of carbonyl (C=O) groups is 1. The van der Waals surface area contributed by atoms with Crippen LogP contribution in [0, 0.1) is 5.82 Å². The molecule has 146 valence electrons. The van der Waals surface area contributed by atoms with Crippen molar-refractivity contribution in [1.82, 2.24) is 9.62 Å². The van der Waals surface area contributed by atoms with Crippen LogP contribution in [0.2, 0.25) is 0 Å². The second-order valence-corrected chi connectivity index (χ2v) is 8.01. The first-order valence-electron chi connectivity index (χ1n) is 8.38. The van der Waals surface area contributed by atoms with Gasteiger partial charge in [0.15, 0.2) is 0 Å². The van der Waals surface area contributed by atoms with E-state index < -0.39 is 15.8 Å². The summed E-state index contributed by atoms with van der Waals surface area (Å²) in [6.45, 7) is 0.167. The van der Waals surface area contributed by atoms with Crippen LogP contribution >= 0.6 is 0 Å². The maximum atomic E-state index is 13.6. The van der Waals surface area contributed by atoms with Gasteiger partial charge >= 0.3 is 0 Å². The molecular formula is C19H23FN2O4S. The summed E-state index contributed by atoms with van der Waals surface area (Å²) >= 11 is 0. The van der Waals surface area contributed by atoms with Gasteiger partial charge in [0.25, 0.3) is 0 Å². The molecule has 0 bridgehead atoms.